The van der Waals surface area contributed by atoms with Crippen LogP contribution in [0.25, 0.3) is 0 Å². The molecular weight excluding hydrogens is 254 g/mol. The van der Waals surface area contributed by atoms with Gasteiger partial charge < -0.3 is 20.5 Å². The fourth-order valence-electron chi connectivity index (χ4n) is 2.33. The van der Waals surface area contributed by atoms with Crippen LogP contribution in [0.15, 0.2) is 23.2 Å². The lowest BCUT2D eigenvalue weighted by Crippen LogP contribution is -2.23. The van der Waals surface area contributed by atoms with Crippen LogP contribution in [0.3, 0.4) is 0 Å². The quantitative estimate of drug-likeness (QED) is 0.619. The summed E-state index contributed by atoms with van der Waals surface area (Å²) in [6, 6.07) is 5.90. The summed E-state index contributed by atoms with van der Waals surface area (Å²) in [5.74, 6) is 2.59. The molecule has 5 heteroatoms. The molecule has 20 heavy (non-hydrogen) atoms. The summed E-state index contributed by atoms with van der Waals surface area (Å²) < 4.78 is 10.5. The summed E-state index contributed by atoms with van der Waals surface area (Å²) in [5.41, 5.74) is 6.73. The highest BCUT2D eigenvalue weighted by Crippen LogP contribution is 2.37. The number of rotatable bonds is 6. The Morgan fingerprint density at radius 2 is 2.20 bits per heavy atom. The van der Waals surface area contributed by atoms with E-state index in [1.807, 2.05) is 18.2 Å². The van der Waals surface area contributed by atoms with Gasteiger partial charge in [-0.1, -0.05) is 13.3 Å². The SMILES string of the molecule is CCCC1CC1N=C(N)Nc1cc(OC)ccc1OC. The lowest BCUT2D eigenvalue weighted by atomic mass is 10.2. The third-order valence-corrected chi connectivity index (χ3v) is 3.52. The van der Waals surface area contributed by atoms with E-state index in [0.29, 0.717) is 23.7 Å². The summed E-state index contributed by atoms with van der Waals surface area (Å²) in [6.45, 7) is 2.20. The zero-order chi connectivity index (χ0) is 14.5. The predicted octanol–water partition coefficient (Wildman–Crippen LogP) is 2.62. The van der Waals surface area contributed by atoms with E-state index in [1.54, 1.807) is 14.2 Å². The Morgan fingerprint density at radius 3 is 2.85 bits per heavy atom. The Morgan fingerprint density at radius 1 is 1.40 bits per heavy atom. The third kappa shape index (κ3) is 3.56. The number of methoxy groups -OCH3 is 2. The average molecular weight is 277 g/mol. The van der Waals surface area contributed by atoms with Crippen LogP contribution in [-0.2, 0) is 0 Å². The fourth-order valence-corrected chi connectivity index (χ4v) is 2.33. The first kappa shape index (κ1) is 14.5. The van der Waals surface area contributed by atoms with Gasteiger partial charge in [0.25, 0.3) is 0 Å². The van der Waals surface area contributed by atoms with Crippen molar-refractivity contribution in [2.45, 2.75) is 32.2 Å². The van der Waals surface area contributed by atoms with Gasteiger partial charge in [-0.05, 0) is 30.9 Å². The smallest absolute Gasteiger partial charge is 0.193 e. The van der Waals surface area contributed by atoms with Crippen LogP contribution < -0.4 is 20.5 Å². The molecule has 0 spiro atoms. The van der Waals surface area contributed by atoms with Crippen molar-refractivity contribution in [1.29, 1.82) is 0 Å². The molecule has 0 heterocycles. The van der Waals surface area contributed by atoms with E-state index in [1.165, 1.54) is 12.8 Å². The molecule has 1 aliphatic rings. The molecule has 0 aromatic heterocycles. The molecule has 0 saturated heterocycles. The molecule has 1 aromatic rings. The van der Waals surface area contributed by atoms with E-state index in [0.717, 1.165) is 17.9 Å². The minimum absolute atomic E-state index is 0.374. The summed E-state index contributed by atoms with van der Waals surface area (Å²) >= 11 is 0. The van der Waals surface area contributed by atoms with Crippen LogP contribution in [0, 0.1) is 5.92 Å². The number of nitrogens with zero attached hydrogens (tertiary/aromatic N) is 1. The third-order valence-electron chi connectivity index (χ3n) is 3.52. The number of benzene rings is 1. The Labute approximate surface area is 120 Å². The number of ether oxygens (including phenoxy) is 2. The number of nitrogens with one attached hydrogen (secondary N) is 1. The summed E-state index contributed by atoms with van der Waals surface area (Å²) in [5, 5.41) is 3.09. The number of hydrogen-bond acceptors (Lipinski definition) is 3. The molecular formula is C15H23N3O2. The number of hydrogen-bond donors (Lipinski definition) is 2. The molecule has 2 atom stereocenters. The first-order chi connectivity index (χ1) is 9.67. The topological polar surface area (TPSA) is 68.9 Å². The van der Waals surface area contributed by atoms with Crippen molar-refractivity contribution in [2.24, 2.45) is 16.6 Å². The van der Waals surface area contributed by atoms with Crippen molar-refractivity contribution in [3.8, 4) is 11.5 Å². The van der Waals surface area contributed by atoms with Gasteiger partial charge >= 0.3 is 0 Å². The average Bonchev–Trinajstić information content (AvgIpc) is 3.16. The van der Waals surface area contributed by atoms with Gasteiger partial charge in [-0.2, -0.15) is 0 Å². The highest BCUT2D eigenvalue weighted by molar-refractivity contribution is 5.94. The van der Waals surface area contributed by atoms with Crippen LogP contribution in [0.2, 0.25) is 0 Å². The number of nitrogens with two attached hydrogens (primary N) is 1. The molecule has 0 aliphatic heterocycles. The van der Waals surface area contributed by atoms with E-state index in [4.69, 9.17) is 15.2 Å². The molecule has 3 N–H and O–H groups in total. The van der Waals surface area contributed by atoms with Gasteiger partial charge in [0, 0.05) is 6.07 Å². The summed E-state index contributed by atoms with van der Waals surface area (Å²) in [7, 11) is 3.25. The second kappa shape index (κ2) is 6.50. The molecule has 0 bridgehead atoms. The maximum Gasteiger partial charge on any atom is 0.193 e. The maximum atomic E-state index is 5.96. The summed E-state index contributed by atoms with van der Waals surface area (Å²) in [6.07, 6.45) is 3.57. The molecule has 1 aliphatic carbocycles. The van der Waals surface area contributed by atoms with Gasteiger partial charge in [-0.25, -0.2) is 4.99 Å². The molecule has 2 rings (SSSR count). The lowest BCUT2D eigenvalue weighted by Gasteiger charge is -2.12. The van der Waals surface area contributed by atoms with Gasteiger partial charge in [0.15, 0.2) is 5.96 Å². The van der Waals surface area contributed by atoms with Gasteiger partial charge in [0.05, 0.1) is 25.9 Å². The van der Waals surface area contributed by atoms with Crippen molar-refractivity contribution in [1.82, 2.24) is 0 Å². The Hall–Kier alpha value is -1.91. The van der Waals surface area contributed by atoms with Crippen LogP contribution in [0.4, 0.5) is 5.69 Å². The largest absolute Gasteiger partial charge is 0.497 e. The van der Waals surface area contributed by atoms with Gasteiger partial charge in [-0.15, -0.1) is 0 Å². The van der Waals surface area contributed by atoms with E-state index >= 15 is 0 Å². The van der Waals surface area contributed by atoms with Crippen molar-refractivity contribution in [2.75, 3.05) is 19.5 Å². The minimum Gasteiger partial charge on any atom is -0.497 e. The first-order valence-electron chi connectivity index (χ1n) is 7.00. The molecule has 2 unspecified atom stereocenters. The van der Waals surface area contributed by atoms with Crippen LogP contribution in [-0.4, -0.2) is 26.2 Å². The Bertz CT molecular complexity index is 488. The van der Waals surface area contributed by atoms with Crippen molar-refractivity contribution >= 4 is 11.6 Å². The van der Waals surface area contributed by atoms with Crippen molar-refractivity contribution < 1.29 is 9.47 Å². The Kier molecular flexibility index (Phi) is 4.71. The lowest BCUT2D eigenvalue weighted by molar-refractivity contribution is 0.405. The second-order valence-corrected chi connectivity index (χ2v) is 5.06. The normalized spacial score (nSPS) is 21.4. The molecule has 1 saturated carbocycles. The van der Waals surface area contributed by atoms with E-state index in [2.05, 4.69) is 17.2 Å². The van der Waals surface area contributed by atoms with Crippen molar-refractivity contribution in [3.63, 3.8) is 0 Å². The van der Waals surface area contributed by atoms with Crippen LogP contribution in [0.1, 0.15) is 26.2 Å². The molecule has 1 aromatic carbocycles. The van der Waals surface area contributed by atoms with Crippen molar-refractivity contribution in [3.05, 3.63) is 18.2 Å². The minimum atomic E-state index is 0.374. The highest BCUT2D eigenvalue weighted by Gasteiger charge is 2.36. The second-order valence-electron chi connectivity index (χ2n) is 5.06. The standard InChI is InChI=1S/C15H23N3O2/c1-4-5-10-8-12(10)17-15(16)18-13-9-11(19-2)6-7-14(13)20-3/h6-7,9-10,12H,4-5,8H2,1-3H3,(H3,16,17,18). The molecule has 1 fully saturated rings. The molecule has 0 amide bonds. The molecule has 0 radical (unpaired) electrons. The van der Waals surface area contributed by atoms with E-state index in [9.17, 15) is 0 Å². The number of anilines is 1. The molecule has 110 valence electrons. The Balaban J connectivity index is 2.03. The maximum absolute atomic E-state index is 5.96. The van der Waals surface area contributed by atoms with Gasteiger partial charge in [0.2, 0.25) is 0 Å². The van der Waals surface area contributed by atoms with Crippen LogP contribution in [0.5, 0.6) is 11.5 Å². The fraction of sp³-hybridized carbons (Fsp3) is 0.533. The van der Waals surface area contributed by atoms with Gasteiger partial charge in [0.1, 0.15) is 11.5 Å². The first-order valence-corrected chi connectivity index (χ1v) is 7.00. The number of aliphatic imine (C=N–C) groups is 1. The molecule has 5 nitrogen and oxygen atoms in total. The highest BCUT2D eigenvalue weighted by atomic mass is 16.5. The zero-order valence-corrected chi connectivity index (χ0v) is 12.3. The summed E-state index contributed by atoms with van der Waals surface area (Å²) in [4.78, 5) is 4.50. The van der Waals surface area contributed by atoms with E-state index < -0.39 is 0 Å². The van der Waals surface area contributed by atoms with Gasteiger partial charge in [-0.3, -0.25) is 0 Å². The van der Waals surface area contributed by atoms with Crippen LogP contribution >= 0.6 is 0 Å². The number of guanidine groups is 1. The zero-order valence-electron chi connectivity index (χ0n) is 12.3. The predicted molar refractivity (Wildman–Crippen MR) is 81.6 cm³/mol. The monoisotopic (exact) mass is 277 g/mol. The van der Waals surface area contributed by atoms with E-state index in [-0.39, 0.29) is 0 Å².